The summed E-state index contributed by atoms with van der Waals surface area (Å²) in [7, 11) is 0. The summed E-state index contributed by atoms with van der Waals surface area (Å²) in [6.45, 7) is 1.17. The van der Waals surface area contributed by atoms with Gasteiger partial charge in [0.25, 0.3) is 0 Å². The lowest BCUT2D eigenvalue weighted by Crippen LogP contribution is -2.06. The van der Waals surface area contributed by atoms with Gasteiger partial charge in [-0.25, -0.2) is 0 Å². The lowest BCUT2D eigenvalue weighted by atomic mass is 10.2. The van der Waals surface area contributed by atoms with Crippen molar-refractivity contribution in [3.05, 3.63) is 60.2 Å². The van der Waals surface area contributed by atoms with Crippen LogP contribution in [0.5, 0.6) is 11.5 Å². The molecular weight excluding hydrogens is 296 g/mol. The van der Waals surface area contributed by atoms with Gasteiger partial charge < -0.3 is 15.2 Å². The van der Waals surface area contributed by atoms with E-state index in [1.54, 1.807) is 0 Å². The van der Waals surface area contributed by atoms with E-state index in [2.05, 4.69) is 0 Å². The third-order valence-corrected chi connectivity index (χ3v) is 3.69. The lowest BCUT2D eigenvalue weighted by molar-refractivity contribution is 0.301. The average molecular weight is 316 g/mol. The summed E-state index contributed by atoms with van der Waals surface area (Å²) in [5.74, 6) is 2.44. The number of nitrogens with one attached hydrogen (secondary N) is 1. The van der Waals surface area contributed by atoms with E-state index < -0.39 is 0 Å². The van der Waals surface area contributed by atoms with E-state index in [0.29, 0.717) is 13.2 Å². The van der Waals surface area contributed by atoms with Gasteiger partial charge in [0, 0.05) is 5.75 Å². The Balaban J connectivity index is 1.70. The second-order valence-corrected chi connectivity index (χ2v) is 5.80. The minimum atomic E-state index is 0.153. The molecule has 0 heterocycles. The maximum absolute atomic E-state index is 7.11. The van der Waals surface area contributed by atoms with Crippen LogP contribution >= 0.6 is 11.8 Å². The Morgan fingerprint density at radius 1 is 0.955 bits per heavy atom. The van der Waals surface area contributed by atoms with Crippen molar-refractivity contribution < 1.29 is 9.47 Å². The summed E-state index contributed by atoms with van der Waals surface area (Å²) in [5.41, 5.74) is 6.41. The molecule has 0 aliphatic rings. The average Bonchev–Trinajstić information content (AvgIpc) is 2.54. The van der Waals surface area contributed by atoms with Gasteiger partial charge in [-0.2, -0.15) is 0 Å². The first-order valence-corrected chi connectivity index (χ1v) is 8.09. The molecular formula is C17H20N2O2S. The molecule has 4 nitrogen and oxygen atoms in total. The topological polar surface area (TPSA) is 68.3 Å². The van der Waals surface area contributed by atoms with Gasteiger partial charge in [0.1, 0.15) is 18.1 Å². The number of hydrogen-bond donors (Lipinski definition) is 2. The maximum atomic E-state index is 7.11. The molecule has 0 aliphatic heterocycles. The first-order valence-electron chi connectivity index (χ1n) is 7.10. The van der Waals surface area contributed by atoms with Crippen LogP contribution in [0.3, 0.4) is 0 Å². The fraction of sp³-hybridized carbons (Fsp3) is 0.235. The van der Waals surface area contributed by atoms with Crippen molar-refractivity contribution in [2.75, 3.05) is 12.4 Å². The van der Waals surface area contributed by atoms with Crippen molar-refractivity contribution in [3.63, 3.8) is 0 Å². The molecule has 0 unspecified atom stereocenters. The highest BCUT2D eigenvalue weighted by atomic mass is 32.2. The van der Waals surface area contributed by atoms with E-state index in [4.69, 9.17) is 20.6 Å². The number of amidine groups is 1. The van der Waals surface area contributed by atoms with Gasteiger partial charge >= 0.3 is 0 Å². The number of benzene rings is 2. The van der Waals surface area contributed by atoms with Crippen molar-refractivity contribution >= 4 is 16.9 Å². The van der Waals surface area contributed by atoms with Crippen molar-refractivity contribution in [1.29, 1.82) is 5.41 Å². The minimum absolute atomic E-state index is 0.153. The van der Waals surface area contributed by atoms with Crippen LogP contribution in [0.2, 0.25) is 0 Å². The van der Waals surface area contributed by atoms with Crippen molar-refractivity contribution in [2.24, 2.45) is 5.73 Å². The van der Waals surface area contributed by atoms with E-state index in [1.807, 2.05) is 54.6 Å². The van der Waals surface area contributed by atoms with Crippen LogP contribution < -0.4 is 15.2 Å². The van der Waals surface area contributed by atoms with Gasteiger partial charge in [-0.15, -0.1) is 0 Å². The highest BCUT2D eigenvalue weighted by Crippen LogP contribution is 2.19. The standard InChI is InChI=1S/C17H20N2O2S/c18-17(19)22-12-4-11-20-15-7-9-16(10-8-15)21-13-14-5-2-1-3-6-14/h1-3,5-10H,4,11-13H2,(H3,18,19). The highest BCUT2D eigenvalue weighted by molar-refractivity contribution is 8.13. The van der Waals surface area contributed by atoms with Crippen LogP contribution in [-0.4, -0.2) is 17.5 Å². The molecule has 0 bridgehead atoms. The van der Waals surface area contributed by atoms with Crippen molar-refractivity contribution in [2.45, 2.75) is 13.0 Å². The monoisotopic (exact) mass is 316 g/mol. The quantitative estimate of drug-likeness (QED) is 0.443. The molecule has 3 N–H and O–H groups in total. The molecule has 0 spiro atoms. The van der Waals surface area contributed by atoms with Gasteiger partial charge in [-0.05, 0) is 36.2 Å². The molecule has 0 aromatic heterocycles. The van der Waals surface area contributed by atoms with E-state index in [0.717, 1.165) is 29.2 Å². The van der Waals surface area contributed by atoms with Crippen molar-refractivity contribution in [1.82, 2.24) is 0 Å². The number of rotatable bonds is 8. The molecule has 0 fully saturated rings. The van der Waals surface area contributed by atoms with Gasteiger partial charge in [0.15, 0.2) is 5.17 Å². The molecule has 2 aromatic carbocycles. The molecule has 5 heteroatoms. The zero-order chi connectivity index (χ0) is 15.6. The summed E-state index contributed by atoms with van der Waals surface area (Å²) in [6, 6.07) is 17.7. The summed E-state index contributed by atoms with van der Waals surface area (Å²) in [5, 5.41) is 7.26. The molecule has 2 aromatic rings. The molecule has 0 saturated heterocycles. The zero-order valence-electron chi connectivity index (χ0n) is 12.3. The smallest absolute Gasteiger partial charge is 0.151 e. The van der Waals surface area contributed by atoms with Crippen LogP contribution in [0.15, 0.2) is 54.6 Å². The van der Waals surface area contributed by atoms with E-state index >= 15 is 0 Å². The van der Waals surface area contributed by atoms with E-state index in [-0.39, 0.29) is 5.17 Å². The molecule has 0 aliphatic carbocycles. The molecule has 0 saturated carbocycles. The van der Waals surface area contributed by atoms with Crippen LogP contribution in [0.4, 0.5) is 0 Å². The largest absolute Gasteiger partial charge is 0.494 e. The molecule has 0 radical (unpaired) electrons. The maximum Gasteiger partial charge on any atom is 0.151 e. The Bertz CT molecular complexity index is 573. The molecule has 22 heavy (non-hydrogen) atoms. The normalized spacial score (nSPS) is 10.2. The predicted molar refractivity (Wildman–Crippen MR) is 91.7 cm³/mol. The fourth-order valence-corrected chi connectivity index (χ4v) is 2.29. The first-order chi connectivity index (χ1) is 10.7. The Morgan fingerprint density at radius 2 is 1.59 bits per heavy atom. The second kappa shape index (κ2) is 9.00. The molecule has 116 valence electrons. The number of hydrogen-bond acceptors (Lipinski definition) is 4. The zero-order valence-corrected chi connectivity index (χ0v) is 13.1. The molecule has 0 amide bonds. The van der Waals surface area contributed by atoms with Crippen LogP contribution in [0, 0.1) is 5.41 Å². The predicted octanol–water partition coefficient (Wildman–Crippen LogP) is 3.66. The fourth-order valence-electron chi connectivity index (χ4n) is 1.80. The summed E-state index contributed by atoms with van der Waals surface area (Å²) < 4.78 is 11.3. The van der Waals surface area contributed by atoms with Crippen LogP contribution in [0.1, 0.15) is 12.0 Å². The Labute approximate surface area is 135 Å². The first kappa shape index (κ1) is 16.2. The number of thioether (sulfide) groups is 1. The van der Waals surface area contributed by atoms with E-state index in [1.165, 1.54) is 11.8 Å². The Hall–Kier alpha value is -2.14. The van der Waals surface area contributed by atoms with Gasteiger partial charge in [0.2, 0.25) is 0 Å². The number of ether oxygens (including phenoxy) is 2. The summed E-state index contributed by atoms with van der Waals surface area (Å²) >= 11 is 1.33. The molecule has 2 rings (SSSR count). The van der Waals surface area contributed by atoms with Gasteiger partial charge in [-0.3, -0.25) is 5.41 Å². The lowest BCUT2D eigenvalue weighted by Gasteiger charge is -2.08. The van der Waals surface area contributed by atoms with Gasteiger partial charge in [-0.1, -0.05) is 42.1 Å². The summed E-state index contributed by atoms with van der Waals surface area (Å²) in [6.07, 6.45) is 0.858. The third-order valence-electron chi connectivity index (χ3n) is 2.89. The van der Waals surface area contributed by atoms with Crippen molar-refractivity contribution in [3.8, 4) is 11.5 Å². The SMILES string of the molecule is N=C(N)SCCCOc1ccc(OCc2ccccc2)cc1. The summed E-state index contributed by atoms with van der Waals surface area (Å²) in [4.78, 5) is 0. The van der Waals surface area contributed by atoms with E-state index in [9.17, 15) is 0 Å². The highest BCUT2D eigenvalue weighted by Gasteiger charge is 1.98. The van der Waals surface area contributed by atoms with Crippen LogP contribution in [-0.2, 0) is 6.61 Å². The van der Waals surface area contributed by atoms with Gasteiger partial charge in [0.05, 0.1) is 6.61 Å². The minimum Gasteiger partial charge on any atom is -0.494 e. The third kappa shape index (κ3) is 6.10. The van der Waals surface area contributed by atoms with Crippen LogP contribution in [0.25, 0.3) is 0 Å². The Kier molecular flexibility index (Phi) is 6.64. The number of nitrogens with two attached hydrogens (primary N) is 1. The Morgan fingerprint density at radius 3 is 2.23 bits per heavy atom. The molecule has 0 atom stereocenters. The second-order valence-electron chi connectivity index (χ2n) is 4.66.